The molecule has 1 heterocycles. The summed E-state index contributed by atoms with van der Waals surface area (Å²) in [6, 6.07) is 0. The molecule has 0 aliphatic carbocycles. The van der Waals surface area contributed by atoms with Gasteiger partial charge in [0.25, 0.3) is 0 Å². The molecule has 0 radical (unpaired) electrons. The summed E-state index contributed by atoms with van der Waals surface area (Å²) in [6.45, 7) is 12.9. The Morgan fingerprint density at radius 2 is 1.75 bits per heavy atom. The second kappa shape index (κ2) is 16.0. The minimum absolute atomic E-state index is 0.188. The van der Waals surface area contributed by atoms with Crippen molar-refractivity contribution in [3.63, 3.8) is 0 Å². The van der Waals surface area contributed by atoms with Gasteiger partial charge in [0.1, 0.15) is 31.3 Å². The first kappa shape index (κ1) is 28.4. The van der Waals surface area contributed by atoms with Gasteiger partial charge in [-0.05, 0) is 45.6 Å². The highest BCUT2D eigenvalue weighted by Crippen LogP contribution is 2.23. The quantitative estimate of drug-likeness (QED) is 0.306. The van der Waals surface area contributed by atoms with E-state index in [-0.39, 0.29) is 6.73 Å². The van der Waals surface area contributed by atoms with Crippen LogP contribution in [0.25, 0.3) is 0 Å². The maximum Gasteiger partial charge on any atom is 0.230 e. The second-order valence-corrected chi connectivity index (χ2v) is 8.52. The molecule has 0 amide bonds. The van der Waals surface area contributed by atoms with E-state index < -0.39 is 6.23 Å². The van der Waals surface area contributed by atoms with E-state index in [4.69, 9.17) is 14.7 Å². The van der Waals surface area contributed by atoms with Gasteiger partial charge in [0.05, 0.1) is 0 Å². The van der Waals surface area contributed by atoms with Crippen molar-refractivity contribution in [3.8, 4) is 0 Å². The fraction of sp³-hybridized carbons (Fsp3) is 0.833. The molecule has 0 aromatic rings. The largest absolute Gasteiger partial charge is 0.376 e. The summed E-state index contributed by atoms with van der Waals surface area (Å²) in [7, 11) is 1.77. The number of amidine groups is 1. The van der Waals surface area contributed by atoms with E-state index in [1.165, 1.54) is 12.8 Å². The monoisotopic (exact) mass is 453 g/mol. The molecule has 8 nitrogen and oxygen atoms in total. The third kappa shape index (κ3) is 9.46. The van der Waals surface area contributed by atoms with Gasteiger partial charge in [-0.25, -0.2) is 0 Å². The molecule has 2 N–H and O–H groups in total. The highest BCUT2D eigenvalue weighted by atomic mass is 16.5. The van der Waals surface area contributed by atoms with Gasteiger partial charge in [-0.1, -0.05) is 39.5 Å². The molecule has 1 aliphatic heterocycles. The van der Waals surface area contributed by atoms with Gasteiger partial charge in [-0.3, -0.25) is 0 Å². The molecule has 32 heavy (non-hydrogen) atoms. The van der Waals surface area contributed by atoms with Gasteiger partial charge in [0.2, 0.25) is 5.96 Å². The number of hydrogen-bond acceptors (Lipinski definition) is 8. The van der Waals surface area contributed by atoms with E-state index in [0.717, 1.165) is 75.5 Å². The fourth-order valence-corrected chi connectivity index (χ4v) is 3.52. The molecule has 0 aromatic carbocycles. The summed E-state index contributed by atoms with van der Waals surface area (Å²) < 4.78 is 5.85. The Labute approximate surface area is 195 Å². The smallest absolute Gasteiger partial charge is 0.230 e. The maximum atomic E-state index is 10.5. The van der Waals surface area contributed by atoms with Gasteiger partial charge < -0.3 is 29.6 Å². The summed E-state index contributed by atoms with van der Waals surface area (Å²) in [4.78, 5) is 15.4. The van der Waals surface area contributed by atoms with E-state index >= 15 is 0 Å². The van der Waals surface area contributed by atoms with Crippen LogP contribution in [0.15, 0.2) is 21.4 Å². The lowest BCUT2D eigenvalue weighted by molar-refractivity contribution is 0.0411. The van der Waals surface area contributed by atoms with Crippen molar-refractivity contribution in [1.82, 2.24) is 14.7 Å². The third-order valence-corrected chi connectivity index (χ3v) is 5.71. The third-order valence-electron chi connectivity index (χ3n) is 5.71. The van der Waals surface area contributed by atoms with Crippen LogP contribution in [0.2, 0.25) is 0 Å². The molecule has 0 bridgehead atoms. The molecule has 0 saturated heterocycles. The molecular weight excluding hydrogens is 406 g/mol. The fourth-order valence-electron chi connectivity index (χ4n) is 3.52. The lowest BCUT2D eigenvalue weighted by Crippen LogP contribution is -2.38. The van der Waals surface area contributed by atoms with E-state index in [0.29, 0.717) is 12.7 Å². The molecule has 186 valence electrons. The van der Waals surface area contributed by atoms with E-state index in [9.17, 15) is 10.2 Å². The molecule has 0 fully saturated rings. The van der Waals surface area contributed by atoms with Crippen LogP contribution in [0, 0.1) is 0 Å². The highest BCUT2D eigenvalue weighted by molar-refractivity contribution is 5.96. The molecule has 1 rings (SSSR count). The van der Waals surface area contributed by atoms with Crippen LogP contribution in [0.4, 0.5) is 0 Å². The van der Waals surface area contributed by atoms with Crippen molar-refractivity contribution in [3.05, 3.63) is 11.4 Å². The van der Waals surface area contributed by atoms with E-state index in [1.54, 1.807) is 18.9 Å². The van der Waals surface area contributed by atoms with Crippen molar-refractivity contribution in [2.24, 2.45) is 9.98 Å². The topological polar surface area (TPSA) is 84.1 Å². The summed E-state index contributed by atoms with van der Waals surface area (Å²) in [5, 5.41) is 20.3. The Hall–Kier alpha value is -1.64. The summed E-state index contributed by atoms with van der Waals surface area (Å²) in [6.07, 6.45) is 7.56. The van der Waals surface area contributed by atoms with Gasteiger partial charge in [0, 0.05) is 33.2 Å². The Balaban J connectivity index is 3.19. The number of hydrogen-bond donors (Lipinski definition) is 2. The zero-order chi connectivity index (χ0) is 23.9. The average molecular weight is 454 g/mol. The Bertz CT molecular complexity index is 619. The molecule has 8 heteroatoms. The van der Waals surface area contributed by atoms with Crippen LogP contribution < -0.4 is 0 Å². The minimum Gasteiger partial charge on any atom is -0.376 e. The Kier molecular flexibility index (Phi) is 14.2. The second-order valence-electron chi connectivity index (χ2n) is 8.52. The number of nitrogens with zero attached hydrogens (tertiary/aromatic N) is 5. The van der Waals surface area contributed by atoms with Crippen LogP contribution in [-0.2, 0) is 4.74 Å². The Morgan fingerprint density at radius 1 is 1.03 bits per heavy atom. The highest BCUT2D eigenvalue weighted by Gasteiger charge is 2.22. The molecule has 1 atom stereocenters. The van der Waals surface area contributed by atoms with Crippen molar-refractivity contribution >= 4 is 11.8 Å². The Morgan fingerprint density at radius 3 is 2.34 bits per heavy atom. The van der Waals surface area contributed by atoms with Crippen LogP contribution in [0.3, 0.4) is 0 Å². The van der Waals surface area contributed by atoms with Crippen molar-refractivity contribution < 1.29 is 14.9 Å². The molecule has 1 aliphatic rings. The number of rotatable bonds is 14. The van der Waals surface area contributed by atoms with Crippen molar-refractivity contribution in [1.29, 1.82) is 0 Å². The first-order valence-corrected chi connectivity index (χ1v) is 12.3. The van der Waals surface area contributed by atoms with Crippen LogP contribution in [0.5, 0.6) is 0 Å². The zero-order valence-corrected chi connectivity index (χ0v) is 21.3. The van der Waals surface area contributed by atoms with Gasteiger partial charge >= 0.3 is 0 Å². The van der Waals surface area contributed by atoms with Crippen LogP contribution in [0.1, 0.15) is 86.0 Å². The minimum atomic E-state index is -0.645. The first-order chi connectivity index (χ1) is 15.4. The summed E-state index contributed by atoms with van der Waals surface area (Å²) in [5.74, 6) is 2.12. The SMILES string of the molecule is CCCCCCN(C1=C(C)CCC(N(CC)COCCCC)=NC(N(C)CO)=N1)C(C)O. The normalized spacial score (nSPS) is 15.6. The summed E-state index contributed by atoms with van der Waals surface area (Å²) >= 11 is 0. The van der Waals surface area contributed by atoms with Crippen LogP contribution in [-0.4, -0.2) is 83.1 Å². The zero-order valence-electron chi connectivity index (χ0n) is 21.3. The number of unbranched alkanes of at least 4 members (excludes halogenated alkanes) is 4. The molecule has 0 aromatic heterocycles. The van der Waals surface area contributed by atoms with Crippen LogP contribution >= 0.6 is 0 Å². The van der Waals surface area contributed by atoms with Gasteiger partial charge in [-0.2, -0.15) is 9.98 Å². The average Bonchev–Trinajstić information content (AvgIpc) is 2.77. The van der Waals surface area contributed by atoms with Gasteiger partial charge in [0.15, 0.2) is 0 Å². The van der Waals surface area contributed by atoms with Gasteiger partial charge in [-0.15, -0.1) is 0 Å². The number of guanidine groups is 1. The summed E-state index contributed by atoms with van der Waals surface area (Å²) in [5.41, 5.74) is 1.11. The lowest BCUT2D eigenvalue weighted by atomic mass is 10.1. The first-order valence-electron chi connectivity index (χ1n) is 12.3. The van der Waals surface area contributed by atoms with Crippen molar-refractivity contribution in [2.45, 2.75) is 92.2 Å². The number of ether oxygens (including phenoxy) is 1. The molecule has 0 saturated carbocycles. The number of allylic oxidation sites excluding steroid dienone is 1. The van der Waals surface area contributed by atoms with E-state index in [1.807, 2.05) is 4.90 Å². The predicted molar refractivity (Wildman–Crippen MR) is 132 cm³/mol. The standard InChI is InChI=1S/C24H47N5O3/c1-7-10-12-13-16-29(21(5)31)23-20(4)14-15-22(25-24(26-23)27(6)18-30)28(9-3)19-32-17-11-8-2/h21,30-31H,7-19H2,1-6H3. The molecule has 1 unspecified atom stereocenters. The number of aliphatic hydroxyl groups excluding tert-OH is 2. The lowest BCUT2D eigenvalue weighted by Gasteiger charge is -2.32. The van der Waals surface area contributed by atoms with E-state index in [2.05, 4.69) is 32.6 Å². The molecular formula is C24H47N5O3. The maximum absolute atomic E-state index is 10.5. The number of aliphatic hydroxyl groups is 2. The van der Waals surface area contributed by atoms with Crippen molar-refractivity contribution in [2.75, 3.05) is 40.2 Å². The predicted octanol–water partition coefficient (Wildman–Crippen LogP) is 3.96. The number of aliphatic imine (C=N–C) groups is 2. The molecule has 0 spiro atoms.